The average Bonchev–Trinajstić information content (AvgIpc) is 2.33. The van der Waals surface area contributed by atoms with Crippen LogP contribution < -0.4 is 5.32 Å². The normalized spacial score (nSPS) is 18.7. The number of nitrogens with zero attached hydrogens (tertiary/aromatic N) is 3. The molecule has 1 aromatic heterocycles. The summed E-state index contributed by atoms with van der Waals surface area (Å²) in [5, 5.41) is 15.0. The number of hydrogen-bond acceptors (Lipinski definition) is 6. The minimum atomic E-state index is -0.599. The molecule has 0 spiro atoms. The van der Waals surface area contributed by atoms with Crippen LogP contribution in [0.4, 0.5) is 10.7 Å². The van der Waals surface area contributed by atoms with Gasteiger partial charge in [-0.1, -0.05) is 19.0 Å². The third kappa shape index (κ3) is 3.93. The predicted octanol–water partition coefficient (Wildman–Crippen LogP) is 2.97. The lowest BCUT2D eigenvalue weighted by Gasteiger charge is -2.30. The quantitative estimate of drug-likeness (QED) is 0.614. The fourth-order valence-electron chi connectivity index (χ4n) is 2.40. The van der Waals surface area contributed by atoms with Crippen molar-refractivity contribution in [1.82, 2.24) is 9.97 Å². The first kappa shape index (κ1) is 16.2. The van der Waals surface area contributed by atoms with Crippen molar-refractivity contribution in [3.8, 4) is 0 Å². The highest BCUT2D eigenvalue weighted by molar-refractivity contribution is 6.02. The topological polar surface area (TPSA) is 96.7 Å². The first-order chi connectivity index (χ1) is 10.1. The fourth-order valence-corrected chi connectivity index (χ4v) is 2.40. The van der Waals surface area contributed by atoms with E-state index < -0.39 is 11.7 Å². The van der Waals surface area contributed by atoms with Gasteiger partial charge in [0.05, 0.1) is 11.4 Å². The second kappa shape index (κ2) is 5.55. The Labute approximate surface area is 129 Å². The summed E-state index contributed by atoms with van der Waals surface area (Å²) in [6.45, 7) is 9.50. The Hall–Kier alpha value is -2.18. The Morgan fingerprint density at radius 2 is 2.09 bits per heavy atom. The third-order valence-corrected chi connectivity index (χ3v) is 3.20. The minimum Gasteiger partial charge on any atom is -0.444 e. The molecule has 1 heterocycles. The van der Waals surface area contributed by atoms with Crippen molar-refractivity contribution in [2.45, 2.75) is 53.1 Å². The Balaban J connectivity index is 2.23. The third-order valence-electron chi connectivity index (χ3n) is 3.20. The molecular formula is C15H22N4O3. The lowest BCUT2D eigenvalue weighted by Crippen LogP contribution is -2.30. The first-order valence-electron chi connectivity index (χ1n) is 7.17. The number of ether oxygens (including phenoxy) is 1. The molecule has 0 radical (unpaired) electrons. The molecule has 0 saturated carbocycles. The van der Waals surface area contributed by atoms with E-state index in [1.165, 1.54) is 0 Å². The van der Waals surface area contributed by atoms with E-state index in [-0.39, 0.29) is 11.4 Å². The maximum Gasteiger partial charge on any atom is 0.414 e. The number of fused-ring (bicyclic) bond motifs is 1. The number of rotatable bonds is 1. The number of carbonyl (C=O) groups excluding carboxylic acids is 1. The largest absolute Gasteiger partial charge is 0.444 e. The second-order valence-corrected chi connectivity index (χ2v) is 7.25. The van der Waals surface area contributed by atoms with Crippen molar-refractivity contribution in [1.29, 1.82) is 0 Å². The molecule has 0 aliphatic heterocycles. The summed E-state index contributed by atoms with van der Waals surface area (Å²) in [5.41, 5.74) is 1.39. The van der Waals surface area contributed by atoms with Gasteiger partial charge in [-0.15, -0.1) is 0 Å². The lowest BCUT2D eigenvalue weighted by molar-refractivity contribution is 0.0634. The number of carbonyl (C=O) groups is 1. The predicted molar refractivity (Wildman–Crippen MR) is 82.3 cm³/mol. The van der Waals surface area contributed by atoms with Gasteiger partial charge in [-0.2, -0.15) is 0 Å². The van der Waals surface area contributed by atoms with Gasteiger partial charge in [0.15, 0.2) is 0 Å². The number of nitrogens with one attached hydrogen (secondary N) is 1. The Bertz CT molecular complexity index is 618. The molecule has 0 aromatic carbocycles. The van der Waals surface area contributed by atoms with Gasteiger partial charge in [0, 0.05) is 11.8 Å². The lowest BCUT2D eigenvalue weighted by atomic mass is 9.76. The van der Waals surface area contributed by atoms with Crippen molar-refractivity contribution in [2.75, 3.05) is 5.32 Å². The number of hydrogen-bond donors (Lipinski definition) is 2. The van der Waals surface area contributed by atoms with Gasteiger partial charge in [0.2, 0.25) is 5.95 Å². The van der Waals surface area contributed by atoms with E-state index in [4.69, 9.17) is 9.94 Å². The highest BCUT2D eigenvalue weighted by Crippen LogP contribution is 2.34. The smallest absolute Gasteiger partial charge is 0.414 e. The summed E-state index contributed by atoms with van der Waals surface area (Å²) in [6, 6.07) is 0. The molecule has 2 N–H and O–H groups in total. The van der Waals surface area contributed by atoms with E-state index >= 15 is 0 Å². The van der Waals surface area contributed by atoms with Gasteiger partial charge in [0.25, 0.3) is 0 Å². The van der Waals surface area contributed by atoms with Gasteiger partial charge in [-0.25, -0.2) is 14.8 Å². The first-order valence-corrected chi connectivity index (χ1v) is 7.17. The summed E-state index contributed by atoms with van der Waals surface area (Å²) in [5.74, 6) is 0.183. The maximum absolute atomic E-state index is 11.8. The molecule has 0 bridgehead atoms. The number of amides is 1. The Kier molecular flexibility index (Phi) is 4.08. The highest BCUT2D eigenvalue weighted by atomic mass is 16.6. The molecule has 22 heavy (non-hydrogen) atoms. The molecule has 2 rings (SSSR count). The van der Waals surface area contributed by atoms with E-state index in [1.807, 2.05) is 0 Å². The molecule has 120 valence electrons. The van der Waals surface area contributed by atoms with Gasteiger partial charge in [-0.05, 0) is 39.0 Å². The molecule has 0 saturated heterocycles. The van der Waals surface area contributed by atoms with Crippen molar-refractivity contribution < 1.29 is 14.7 Å². The van der Waals surface area contributed by atoms with Crippen molar-refractivity contribution in [2.24, 2.45) is 10.6 Å². The molecule has 7 heteroatoms. The monoisotopic (exact) mass is 306 g/mol. The SMILES string of the molecule is CC1(C)C/C(=N\O)c2cnc(NC(=O)OC(C)(C)C)nc2C1. The molecule has 0 fully saturated rings. The van der Waals surface area contributed by atoms with Crippen LogP contribution in [-0.4, -0.2) is 32.6 Å². The summed E-state index contributed by atoms with van der Waals surface area (Å²) in [4.78, 5) is 20.2. The Morgan fingerprint density at radius 3 is 2.68 bits per heavy atom. The fraction of sp³-hybridized carbons (Fsp3) is 0.600. The van der Waals surface area contributed by atoms with E-state index in [2.05, 4.69) is 34.3 Å². The van der Waals surface area contributed by atoms with Gasteiger partial charge < -0.3 is 9.94 Å². The standard InChI is InChI=1S/C15H22N4O3/c1-14(2,3)22-13(20)18-12-16-8-9-10(17-12)6-15(4,5)7-11(9)19-21/h8,21H,6-7H2,1-5H3,(H,16,17,18,20)/b19-11+. The zero-order valence-electron chi connectivity index (χ0n) is 13.6. The van der Waals surface area contributed by atoms with Crippen LogP contribution >= 0.6 is 0 Å². The summed E-state index contributed by atoms with van der Waals surface area (Å²) < 4.78 is 5.18. The average molecular weight is 306 g/mol. The molecule has 7 nitrogen and oxygen atoms in total. The van der Waals surface area contributed by atoms with Crippen molar-refractivity contribution in [3.63, 3.8) is 0 Å². The van der Waals surface area contributed by atoms with Crippen molar-refractivity contribution >= 4 is 17.8 Å². The van der Waals surface area contributed by atoms with Gasteiger partial charge in [-0.3, -0.25) is 5.32 Å². The van der Waals surface area contributed by atoms with Gasteiger partial charge in [0.1, 0.15) is 5.60 Å². The molecule has 0 atom stereocenters. The van der Waals surface area contributed by atoms with Crippen LogP contribution in [0, 0.1) is 5.41 Å². The van der Waals surface area contributed by atoms with Crippen LogP contribution in [0.25, 0.3) is 0 Å². The second-order valence-electron chi connectivity index (χ2n) is 7.25. The maximum atomic E-state index is 11.8. The van der Waals surface area contributed by atoms with Crippen LogP contribution in [0.3, 0.4) is 0 Å². The van der Waals surface area contributed by atoms with Crippen LogP contribution in [0.5, 0.6) is 0 Å². The summed E-state index contributed by atoms with van der Waals surface area (Å²) >= 11 is 0. The molecule has 1 aliphatic rings. The zero-order valence-corrected chi connectivity index (χ0v) is 13.6. The molecule has 1 aliphatic carbocycles. The number of anilines is 1. The summed E-state index contributed by atoms with van der Waals surface area (Å²) in [7, 11) is 0. The van der Waals surface area contributed by atoms with Crippen LogP contribution in [0.2, 0.25) is 0 Å². The Morgan fingerprint density at radius 1 is 1.41 bits per heavy atom. The number of oxime groups is 1. The highest BCUT2D eigenvalue weighted by Gasteiger charge is 2.31. The zero-order chi connectivity index (χ0) is 16.5. The number of aromatic nitrogens is 2. The van der Waals surface area contributed by atoms with E-state index in [9.17, 15) is 4.79 Å². The minimum absolute atomic E-state index is 0.0634. The van der Waals surface area contributed by atoms with E-state index in [0.717, 1.165) is 11.3 Å². The molecule has 1 amide bonds. The van der Waals surface area contributed by atoms with E-state index in [1.54, 1.807) is 27.0 Å². The van der Waals surface area contributed by atoms with Crippen LogP contribution in [0.15, 0.2) is 11.4 Å². The summed E-state index contributed by atoms with van der Waals surface area (Å²) in [6.07, 6.45) is 2.34. The molecule has 1 aromatic rings. The van der Waals surface area contributed by atoms with Crippen LogP contribution in [0.1, 0.15) is 52.3 Å². The van der Waals surface area contributed by atoms with Crippen molar-refractivity contribution in [3.05, 3.63) is 17.5 Å². The van der Waals surface area contributed by atoms with Gasteiger partial charge >= 0.3 is 6.09 Å². The van der Waals surface area contributed by atoms with Crippen LogP contribution in [-0.2, 0) is 11.2 Å². The molecule has 0 unspecified atom stereocenters. The van der Waals surface area contributed by atoms with E-state index in [0.29, 0.717) is 18.6 Å². The molecular weight excluding hydrogens is 284 g/mol.